The van der Waals surface area contributed by atoms with E-state index < -0.39 is 4.92 Å². The van der Waals surface area contributed by atoms with Gasteiger partial charge in [-0.1, -0.05) is 17.3 Å². The van der Waals surface area contributed by atoms with E-state index in [1.54, 1.807) is 25.1 Å². The number of nitrogens with one attached hydrogen (secondary N) is 1. The van der Waals surface area contributed by atoms with Crippen molar-refractivity contribution in [3.8, 4) is 11.3 Å². The van der Waals surface area contributed by atoms with Gasteiger partial charge in [0.05, 0.1) is 27.3 Å². The van der Waals surface area contributed by atoms with Gasteiger partial charge in [0.2, 0.25) is 0 Å². The maximum absolute atomic E-state index is 12.7. The Kier molecular flexibility index (Phi) is 5.13. The highest BCUT2D eigenvalue weighted by molar-refractivity contribution is 6.07. The zero-order valence-electron chi connectivity index (χ0n) is 15.2. The minimum atomic E-state index is -0.477. The fourth-order valence-corrected chi connectivity index (χ4v) is 2.69. The monoisotopic (exact) mass is 369 g/mol. The topological polar surface area (TPSA) is 114 Å². The van der Waals surface area contributed by atoms with Crippen molar-refractivity contribution < 1.29 is 14.2 Å². The summed E-state index contributed by atoms with van der Waals surface area (Å²) in [5.74, 6) is -0.276. The van der Waals surface area contributed by atoms with E-state index in [0.717, 1.165) is 0 Å². The summed E-state index contributed by atoms with van der Waals surface area (Å²) >= 11 is 0. The van der Waals surface area contributed by atoms with Crippen LogP contribution in [-0.2, 0) is 0 Å². The predicted octanol–water partition coefficient (Wildman–Crippen LogP) is 2.40. The smallest absolute Gasteiger partial charge is 0.270 e. The first kappa shape index (κ1) is 18.5. The van der Waals surface area contributed by atoms with Crippen molar-refractivity contribution in [1.82, 2.24) is 20.4 Å². The molecule has 9 heteroatoms. The predicted molar refractivity (Wildman–Crippen MR) is 99.5 cm³/mol. The van der Waals surface area contributed by atoms with Crippen LogP contribution in [0.4, 0.5) is 5.69 Å². The molecule has 0 saturated carbocycles. The molecule has 0 atom stereocenters. The lowest BCUT2D eigenvalue weighted by Crippen LogP contribution is -2.31. The Hall–Kier alpha value is -3.33. The van der Waals surface area contributed by atoms with Crippen LogP contribution in [0.5, 0.6) is 0 Å². The molecule has 0 bridgehead atoms. The number of aryl methyl sites for hydroxylation is 1. The van der Waals surface area contributed by atoms with Crippen LogP contribution in [0.15, 0.2) is 34.9 Å². The molecule has 140 valence electrons. The van der Waals surface area contributed by atoms with E-state index in [-0.39, 0.29) is 17.3 Å². The van der Waals surface area contributed by atoms with E-state index >= 15 is 0 Å². The number of aromatic nitrogens is 2. The Morgan fingerprint density at radius 2 is 2.11 bits per heavy atom. The number of amides is 1. The van der Waals surface area contributed by atoms with E-state index in [1.807, 2.05) is 19.0 Å². The number of fused-ring (bicyclic) bond motifs is 1. The SMILES string of the molecule is Cc1noc2nc(-c3cccc([N+](=O)[O-])c3)cc(C(=O)NCCN(C)C)c12. The van der Waals surface area contributed by atoms with Crippen molar-refractivity contribution in [3.05, 3.63) is 51.7 Å². The standard InChI is InChI=1S/C18H19N5O4/c1-11-16-14(17(24)19-7-8-22(2)3)10-15(20-18(16)27-21-11)12-5-4-6-13(9-12)23(25)26/h4-6,9-10H,7-8H2,1-3H3,(H,19,24). The molecule has 0 saturated heterocycles. The van der Waals surface area contributed by atoms with E-state index in [4.69, 9.17) is 4.52 Å². The van der Waals surface area contributed by atoms with Crippen LogP contribution in [0.2, 0.25) is 0 Å². The lowest BCUT2D eigenvalue weighted by atomic mass is 10.0. The number of nitro groups is 1. The summed E-state index contributed by atoms with van der Waals surface area (Å²) in [7, 11) is 3.84. The molecule has 1 amide bonds. The number of carbonyl (C=O) groups excluding carboxylic acids is 1. The highest BCUT2D eigenvalue weighted by Crippen LogP contribution is 2.28. The summed E-state index contributed by atoms with van der Waals surface area (Å²) in [4.78, 5) is 29.6. The Morgan fingerprint density at radius 3 is 2.81 bits per heavy atom. The molecule has 1 aromatic carbocycles. The fraction of sp³-hybridized carbons (Fsp3) is 0.278. The molecule has 0 aliphatic heterocycles. The average molecular weight is 369 g/mol. The minimum absolute atomic E-state index is 0.0554. The maximum Gasteiger partial charge on any atom is 0.270 e. The van der Waals surface area contributed by atoms with Crippen LogP contribution in [0.3, 0.4) is 0 Å². The van der Waals surface area contributed by atoms with Crippen LogP contribution >= 0.6 is 0 Å². The fourth-order valence-electron chi connectivity index (χ4n) is 2.69. The highest BCUT2D eigenvalue weighted by atomic mass is 16.6. The van der Waals surface area contributed by atoms with Gasteiger partial charge < -0.3 is 14.7 Å². The lowest BCUT2D eigenvalue weighted by Gasteiger charge is -2.11. The third-order valence-corrected chi connectivity index (χ3v) is 4.06. The average Bonchev–Trinajstić information content (AvgIpc) is 3.01. The second kappa shape index (κ2) is 7.50. The molecular formula is C18H19N5O4. The van der Waals surface area contributed by atoms with Gasteiger partial charge in [-0.25, -0.2) is 4.98 Å². The molecule has 1 N–H and O–H groups in total. The van der Waals surface area contributed by atoms with Crippen LogP contribution in [-0.4, -0.2) is 53.1 Å². The van der Waals surface area contributed by atoms with Crippen molar-refractivity contribution >= 4 is 22.7 Å². The number of nitrogens with zero attached hydrogens (tertiary/aromatic N) is 4. The summed E-state index contributed by atoms with van der Waals surface area (Å²) in [6.45, 7) is 2.91. The first-order valence-electron chi connectivity index (χ1n) is 8.31. The van der Waals surface area contributed by atoms with Gasteiger partial charge in [0.1, 0.15) is 0 Å². The normalized spacial score (nSPS) is 11.1. The second-order valence-electron chi connectivity index (χ2n) is 6.37. The van der Waals surface area contributed by atoms with Gasteiger partial charge in [-0.3, -0.25) is 14.9 Å². The molecule has 0 spiro atoms. The number of likely N-dealkylation sites (N-methyl/N-ethyl adjacent to an activating group) is 1. The zero-order chi connectivity index (χ0) is 19.6. The molecule has 3 rings (SSSR count). The van der Waals surface area contributed by atoms with Gasteiger partial charge in [-0.2, -0.15) is 0 Å². The molecule has 27 heavy (non-hydrogen) atoms. The minimum Gasteiger partial charge on any atom is -0.351 e. The van der Waals surface area contributed by atoms with Gasteiger partial charge >= 0.3 is 0 Å². The summed E-state index contributed by atoms with van der Waals surface area (Å²) in [5.41, 5.74) is 2.01. The molecule has 0 fully saturated rings. The third kappa shape index (κ3) is 3.93. The lowest BCUT2D eigenvalue weighted by molar-refractivity contribution is -0.384. The molecular weight excluding hydrogens is 350 g/mol. The number of rotatable bonds is 6. The van der Waals surface area contributed by atoms with Crippen molar-refractivity contribution in [3.63, 3.8) is 0 Å². The summed E-state index contributed by atoms with van der Waals surface area (Å²) in [5, 5.41) is 18.3. The number of benzene rings is 1. The first-order chi connectivity index (χ1) is 12.9. The van der Waals surface area contributed by atoms with E-state index in [1.165, 1.54) is 12.1 Å². The molecule has 2 heterocycles. The van der Waals surface area contributed by atoms with E-state index in [0.29, 0.717) is 41.0 Å². The van der Waals surface area contributed by atoms with Crippen molar-refractivity contribution in [1.29, 1.82) is 0 Å². The Balaban J connectivity index is 2.05. The van der Waals surface area contributed by atoms with Gasteiger partial charge in [0.15, 0.2) is 0 Å². The number of pyridine rings is 1. The van der Waals surface area contributed by atoms with E-state index in [2.05, 4.69) is 15.5 Å². The Bertz CT molecular complexity index is 1010. The Labute approximate surface area is 155 Å². The van der Waals surface area contributed by atoms with Crippen LogP contribution in [0.1, 0.15) is 16.1 Å². The molecule has 0 radical (unpaired) electrons. The van der Waals surface area contributed by atoms with Crippen LogP contribution in [0.25, 0.3) is 22.4 Å². The van der Waals surface area contributed by atoms with Gasteiger partial charge in [0.25, 0.3) is 17.3 Å². The maximum atomic E-state index is 12.7. The number of non-ortho nitro benzene ring substituents is 1. The highest BCUT2D eigenvalue weighted by Gasteiger charge is 2.20. The molecule has 3 aromatic rings. The second-order valence-corrected chi connectivity index (χ2v) is 6.37. The molecule has 0 aliphatic rings. The van der Waals surface area contributed by atoms with Crippen LogP contribution < -0.4 is 5.32 Å². The summed E-state index contributed by atoms with van der Waals surface area (Å²) in [6.07, 6.45) is 0. The summed E-state index contributed by atoms with van der Waals surface area (Å²) < 4.78 is 5.24. The number of nitro benzene ring substituents is 1. The molecule has 2 aromatic heterocycles. The molecule has 0 unspecified atom stereocenters. The number of hydrogen-bond donors (Lipinski definition) is 1. The largest absolute Gasteiger partial charge is 0.351 e. The number of carbonyl (C=O) groups is 1. The third-order valence-electron chi connectivity index (χ3n) is 4.06. The number of hydrogen-bond acceptors (Lipinski definition) is 7. The van der Waals surface area contributed by atoms with Crippen LogP contribution in [0, 0.1) is 17.0 Å². The van der Waals surface area contributed by atoms with Gasteiger partial charge in [-0.15, -0.1) is 0 Å². The molecule has 9 nitrogen and oxygen atoms in total. The summed E-state index contributed by atoms with van der Waals surface area (Å²) in [6, 6.07) is 7.68. The zero-order valence-corrected chi connectivity index (χ0v) is 15.2. The van der Waals surface area contributed by atoms with Gasteiger partial charge in [0, 0.05) is 30.8 Å². The first-order valence-corrected chi connectivity index (χ1v) is 8.31. The Morgan fingerprint density at radius 1 is 1.33 bits per heavy atom. The van der Waals surface area contributed by atoms with Gasteiger partial charge in [-0.05, 0) is 27.1 Å². The van der Waals surface area contributed by atoms with Crippen molar-refractivity contribution in [2.75, 3.05) is 27.2 Å². The molecule has 0 aliphatic carbocycles. The van der Waals surface area contributed by atoms with E-state index in [9.17, 15) is 14.9 Å². The van der Waals surface area contributed by atoms with Crippen molar-refractivity contribution in [2.45, 2.75) is 6.92 Å². The van der Waals surface area contributed by atoms with Crippen molar-refractivity contribution in [2.24, 2.45) is 0 Å². The quantitative estimate of drug-likeness (QED) is 0.524.